The lowest BCUT2D eigenvalue weighted by atomic mass is 10.0. The summed E-state index contributed by atoms with van der Waals surface area (Å²) in [5, 5.41) is 0. The summed E-state index contributed by atoms with van der Waals surface area (Å²) in [6.45, 7) is 4.11. The predicted molar refractivity (Wildman–Crippen MR) is 82.5 cm³/mol. The number of nitrogens with two attached hydrogens (primary N) is 1. The standard InChI is InChI=1S/C13H14ClNO2S2/c1-6(2)9-10(15)12(13(16)17-3)19-11(9)7-4-5-8(14)18-7/h4-6H,15H2,1-3H3. The van der Waals surface area contributed by atoms with Gasteiger partial charge in [0.05, 0.1) is 22.0 Å². The second kappa shape index (κ2) is 5.53. The molecule has 0 saturated heterocycles. The fourth-order valence-corrected chi connectivity index (χ4v) is 4.36. The first kappa shape index (κ1) is 14.4. The zero-order chi connectivity index (χ0) is 14.2. The Kier molecular flexibility index (Phi) is 4.18. The number of anilines is 1. The fourth-order valence-electron chi connectivity index (χ4n) is 1.89. The van der Waals surface area contributed by atoms with Crippen LogP contribution in [0.2, 0.25) is 4.34 Å². The predicted octanol–water partition coefficient (Wildman–Crippen LogP) is 4.62. The lowest BCUT2D eigenvalue weighted by Crippen LogP contribution is -2.03. The summed E-state index contributed by atoms with van der Waals surface area (Å²) >= 11 is 8.83. The van der Waals surface area contributed by atoms with Crippen molar-refractivity contribution in [2.45, 2.75) is 19.8 Å². The first-order chi connectivity index (χ1) is 8.95. The van der Waals surface area contributed by atoms with Crippen molar-refractivity contribution < 1.29 is 9.53 Å². The van der Waals surface area contributed by atoms with Crippen molar-refractivity contribution in [3.05, 3.63) is 26.9 Å². The Morgan fingerprint density at radius 3 is 2.53 bits per heavy atom. The number of ether oxygens (including phenoxy) is 1. The van der Waals surface area contributed by atoms with Crippen molar-refractivity contribution in [2.75, 3.05) is 12.8 Å². The van der Waals surface area contributed by atoms with Gasteiger partial charge < -0.3 is 10.5 Å². The third-order valence-corrected chi connectivity index (χ3v) is 5.34. The second-order valence-electron chi connectivity index (χ2n) is 4.34. The number of thiophene rings is 2. The van der Waals surface area contributed by atoms with Gasteiger partial charge in [-0.2, -0.15) is 0 Å². The highest BCUT2D eigenvalue weighted by Gasteiger charge is 2.24. The number of hydrogen-bond acceptors (Lipinski definition) is 5. The molecule has 0 fully saturated rings. The van der Waals surface area contributed by atoms with Gasteiger partial charge >= 0.3 is 5.97 Å². The Morgan fingerprint density at radius 1 is 1.37 bits per heavy atom. The zero-order valence-corrected chi connectivity index (χ0v) is 13.2. The molecule has 0 bridgehead atoms. The molecular formula is C13H14ClNO2S2. The van der Waals surface area contributed by atoms with Gasteiger partial charge in [0.2, 0.25) is 0 Å². The van der Waals surface area contributed by atoms with E-state index >= 15 is 0 Å². The lowest BCUT2D eigenvalue weighted by molar-refractivity contribution is 0.0607. The number of rotatable bonds is 3. The average Bonchev–Trinajstić information content (AvgIpc) is 2.92. The number of carbonyl (C=O) groups excluding carboxylic acids is 1. The van der Waals surface area contributed by atoms with Crippen LogP contribution in [0.4, 0.5) is 5.69 Å². The summed E-state index contributed by atoms with van der Waals surface area (Å²) in [6, 6.07) is 3.80. The molecule has 0 aromatic carbocycles. The summed E-state index contributed by atoms with van der Waals surface area (Å²) < 4.78 is 5.49. The SMILES string of the molecule is COC(=O)c1sc(-c2ccc(Cl)s2)c(C(C)C)c1N. The van der Waals surface area contributed by atoms with Crippen LogP contribution in [-0.4, -0.2) is 13.1 Å². The minimum Gasteiger partial charge on any atom is -0.465 e. The van der Waals surface area contributed by atoms with Crippen LogP contribution in [0.3, 0.4) is 0 Å². The number of halogens is 1. The van der Waals surface area contributed by atoms with E-state index in [1.807, 2.05) is 12.1 Å². The largest absolute Gasteiger partial charge is 0.465 e. The van der Waals surface area contributed by atoms with Crippen LogP contribution in [0, 0.1) is 0 Å². The van der Waals surface area contributed by atoms with Gasteiger partial charge in [-0.05, 0) is 23.6 Å². The third kappa shape index (κ3) is 2.63. The molecule has 0 saturated carbocycles. The molecule has 0 atom stereocenters. The first-order valence-electron chi connectivity index (χ1n) is 5.71. The number of carbonyl (C=O) groups is 1. The Balaban J connectivity index is 2.63. The number of nitrogen functional groups attached to an aromatic ring is 1. The summed E-state index contributed by atoms with van der Waals surface area (Å²) in [7, 11) is 1.36. The molecule has 0 radical (unpaired) electrons. The van der Waals surface area contributed by atoms with E-state index in [0.29, 0.717) is 10.6 Å². The highest BCUT2D eigenvalue weighted by Crippen LogP contribution is 2.45. The van der Waals surface area contributed by atoms with Gasteiger partial charge in [0.15, 0.2) is 0 Å². The molecule has 2 N–H and O–H groups in total. The smallest absolute Gasteiger partial charge is 0.350 e. The molecule has 0 spiro atoms. The maximum absolute atomic E-state index is 11.7. The third-order valence-electron chi connectivity index (χ3n) is 2.73. The van der Waals surface area contributed by atoms with Crippen molar-refractivity contribution in [1.82, 2.24) is 0 Å². The van der Waals surface area contributed by atoms with Gasteiger partial charge in [0, 0.05) is 4.88 Å². The first-order valence-corrected chi connectivity index (χ1v) is 7.73. The normalized spacial score (nSPS) is 11.0. The minimum atomic E-state index is -0.390. The van der Waals surface area contributed by atoms with E-state index < -0.39 is 5.97 Å². The molecule has 0 aliphatic carbocycles. The minimum absolute atomic E-state index is 0.227. The van der Waals surface area contributed by atoms with Gasteiger partial charge in [-0.25, -0.2) is 4.79 Å². The van der Waals surface area contributed by atoms with Crippen LogP contribution in [0.5, 0.6) is 0 Å². The van der Waals surface area contributed by atoms with Gasteiger partial charge in [0.1, 0.15) is 4.88 Å². The fraction of sp³-hybridized carbons (Fsp3) is 0.308. The van der Waals surface area contributed by atoms with Crippen molar-refractivity contribution in [3.63, 3.8) is 0 Å². The number of hydrogen-bond donors (Lipinski definition) is 1. The summed E-state index contributed by atoms with van der Waals surface area (Å²) in [5.41, 5.74) is 7.62. The van der Waals surface area contributed by atoms with Crippen LogP contribution in [0.1, 0.15) is 35.0 Å². The number of methoxy groups -OCH3 is 1. The van der Waals surface area contributed by atoms with Gasteiger partial charge in [-0.3, -0.25) is 0 Å². The van der Waals surface area contributed by atoms with Crippen molar-refractivity contribution in [3.8, 4) is 9.75 Å². The summed E-state index contributed by atoms with van der Waals surface area (Å²) in [4.78, 5) is 14.2. The monoisotopic (exact) mass is 315 g/mol. The summed E-state index contributed by atoms with van der Waals surface area (Å²) in [5.74, 6) is -0.163. The van der Waals surface area contributed by atoms with Gasteiger partial charge in [-0.1, -0.05) is 25.4 Å². The maximum atomic E-state index is 11.7. The highest BCUT2D eigenvalue weighted by molar-refractivity contribution is 7.25. The topological polar surface area (TPSA) is 52.3 Å². The highest BCUT2D eigenvalue weighted by atomic mass is 35.5. The van der Waals surface area contributed by atoms with E-state index in [9.17, 15) is 4.79 Å². The molecule has 19 heavy (non-hydrogen) atoms. The van der Waals surface area contributed by atoms with Crippen molar-refractivity contribution >= 4 is 45.9 Å². The van der Waals surface area contributed by atoms with E-state index in [0.717, 1.165) is 19.7 Å². The molecule has 2 aromatic rings. The van der Waals surface area contributed by atoms with E-state index in [4.69, 9.17) is 22.1 Å². The van der Waals surface area contributed by atoms with E-state index in [2.05, 4.69) is 13.8 Å². The quantitative estimate of drug-likeness (QED) is 0.841. The van der Waals surface area contributed by atoms with E-state index in [-0.39, 0.29) is 5.92 Å². The Hall–Kier alpha value is -1.04. The molecule has 0 aliphatic heterocycles. The molecule has 2 aromatic heterocycles. The van der Waals surface area contributed by atoms with Crippen LogP contribution >= 0.6 is 34.3 Å². The van der Waals surface area contributed by atoms with Crippen molar-refractivity contribution in [2.24, 2.45) is 0 Å². The van der Waals surface area contributed by atoms with E-state index in [1.165, 1.54) is 29.8 Å². The van der Waals surface area contributed by atoms with Gasteiger partial charge in [0.25, 0.3) is 0 Å². The zero-order valence-electron chi connectivity index (χ0n) is 10.8. The molecule has 0 amide bonds. The van der Waals surface area contributed by atoms with Crippen molar-refractivity contribution in [1.29, 1.82) is 0 Å². The Bertz CT molecular complexity index is 616. The molecule has 0 unspecified atom stereocenters. The Labute approximate surface area is 125 Å². The lowest BCUT2D eigenvalue weighted by Gasteiger charge is -2.07. The molecule has 2 heterocycles. The molecule has 2 rings (SSSR count). The average molecular weight is 316 g/mol. The van der Waals surface area contributed by atoms with Crippen LogP contribution in [0.15, 0.2) is 12.1 Å². The Morgan fingerprint density at radius 2 is 2.05 bits per heavy atom. The molecule has 6 heteroatoms. The molecule has 3 nitrogen and oxygen atoms in total. The van der Waals surface area contributed by atoms with Crippen LogP contribution < -0.4 is 5.73 Å². The summed E-state index contributed by atoms with van der Waals surface area (Å²) in [6.07, 6.45) is 0. The van der Waals surface area contributed by atoms with Crippen LogP contribution in [-0.2, 0) is 4.74 Å². The molecule has 102 valence electrons. The number of esters is 1. The van der Waals surface area contributed by atoms with Gasteiger partial charge in [-0.15, -0.1) is 22.7 Å². The molecular weight excluding hydrogens is 302 g/mol. The van der Waals surface area contributed by atoms with Crippen LogP contribution in [0.25, 0.3) is 9.75 Å². The second-order valence-corrected chi connectivity index (χ2v) is 7.07. The van der Waals surface area contributed by atoms with E-state index in [1.54, 1.807) is 0 Å². The molecule has 0 aliphatic rings. The maximum Gasteiger partial charge on any atom is 0.350 e.